The zero-order valence-corrected chi connectivity index (χ0v) is 30.0. The van der Waals surface area contributed by atoms with Gasteiger partial charge in [0.15, 0.2) is 17.5 Å². The molecule has 10 aromatic rings. The highest BCUT2D eigenvalue weighted by Crippen LogP contribution is 2.53. The number of thiophene rings is 1. The van der Waals surface area contributed by atoms with Crippen LogP contribution >= 0.6 is 11.3 Å². The summed E-state index contributed by atoms with van der Waals surface area (Å²) in [5.74, 6) is 1.96. The molecule has 3 aromatic heterocycles. The highest BCUT2D eigenvalue weighted by Gasteiger charge is 2.38. The summed E-state index contributed by atoms with van der Waals surface area (Å²) in [7, 11) is 0. The molecule has 0 aliphatic heterocycles. The van der Waals surface area contributed by atoms with Gasteiger partial charge >= 0.3 is 0 Å². The van der Waals surface area contributed by atoms with Gasteiger partial charge in [-0.25, -0.2) is 15.0 Å². The molecule has 0 atom stereocenters. The van der Waals surface area contributed by atoms with Gasteiger partial charge in [-0.2, -0.15) is 0 Å². The molecule has 1 aliphatic carbocycles. The number of fused-ring (bicyclic) bond motifs is 10. The maximum absolute atomic E-state index is 5.17. The fraction of sp³-hybridized carbons (Fsp3) is 0.0625. The van der Waals surface area contributed by atoms with Crippen LogP contribution in [0.25, 0.3) is 93.0 Å². The van der Waals surface area contributed by atoms with Crippen LogP contribution in [0.5, 0.6) is 0 Å². The molecule has 0 N–H and O–H groups in total. The first kappa shape index (κ1) is 30.2. The number of nitrogens with zero attached hydrogens (tertiary/aromatic N) is 4. The highest BCUT2D eigenvalue weighted by molar-refractivity contribution is 7.25. The van der Waals surface area contributed by atoms with Crippen LogP contribution in [0.1, 0.15) is 25.0 Å². The largest absolute Gasteiger partial charge is 0.309 e. The van der Waals surface area contributed by atoms with E-state index in [1.54, 1.807) is 11.3 Å². The van der Waals surface area contributed by atoms with Crippen molar-refractivity contribution in [3.05, 3.63) is 169 Å². The third-order valence-corrected chi connectivity index (χ3v) is 12.2. The molecular weight excluding hydrogens is 665 g/mol. The summed E-state index contributed by atoms with van der Waals surface area (Å²) in [6.07, 6.45) is 0. The van der Waals surface area contributed by atoms with Crippen LogP contribution in [0.4, 0.5) is 0 Å². The summed E-state index contributed by atoms with van der Waals surface area (Å²) in [5, 5.41) is 5.11. The molecule has 3 heterocycles. The van der Waals surface area contributed by atoms with Gasteiger partial charge in [0.2, 0.25) is 0 Å². The standard InChI is InChI=1S/C48H32N4S/c1-48(2)38-20-9-6-17-33(38)36-25-26-40-43(44(36)48)37-19-7-10-21-39(37)52(40)32-16-12-15-30(27-32)46-49-45(29-13-4-3-5-14-29)50-47(51-46)31-23-24-35-34-18-8-11-22-41(34)53-42(35)28-31/h3-28H,1-2H3. The van der Waals surface area contributed by atoms with E-state index in [2.05, 4.69) is 158 Å². The number of benzene rings is 7. The van der Waals surface area contributed by atoms with Crippen LogP contribution in [0.15, 0.2) is 158 Å². The summed E-state index contributed by atoms with van der Waals surface area (Å²) in [5.41, 5.74) is 11.6. The Bertz CT molecular complexity index is 3100. The third-order valence-electron chi connectivity index (χ3n) is 11.0. The molecule has 0 bridgehead atoms. The van der Waals surface area contributed by atoms with Crippen molar-refractivity contribution in [2.24, 2.45) is 0 Å². The lowest BCUT2D eigenvalue weighted by atomic mass is 9.80. The van der Waals surface area contributed by atoms with Crippen LogP contribution < -0.4 is 0 Å². The number of para-hydroxylation sites is 1. The van der Waals surface area contributed by atoms with E-state index < -0.39 is 0 Å². The van der Waals surface area contributed by atoms with Gasteiger partial charge in [0, 0.05) is 58.7 Å². The van der Waals surface area contributed by atoms with Gasteiger partial charge in [0.1, 0.15) is 0 Å². The number of hydrogen-bond donors (Lipinski definition) is 0. The first-order valence-corrected chi connectivity index (χ1v) is 18.9. The van der Waals surface area contributed by atoms with Crippen molar-refractivity contribution in [2.45, 2.75) is 19.3 Å². The van der Waals surface area contributed by atoms with E-state index in [1.807, 2.05) is 18.2 Å². The van der Waals surface area contributed by atoms with Gasteiger partial charge in [-0.05, 0) is 58.7 Å². The zero-order chi connectivity index (χ0) is 35.3. The highest BCUT2D eigenvalue weighted by atomic mass is 32.1. The lowest BCUT2D eigenvalue weighted by Gasteiger charge is -2.22. The van der Waals surface area contributed by atoms with Crippen LogP contribution in [-0.4, -0.2) is 19.5 Å². The fourth-order valence-corrected chi connectivity index (χ4v) is 9.75. The second-order valence-electron chi connectivity index (χ2n) is 14.4. The average Bonchev–Trinajstić information content (AvgIpc) is 3.83. The summed E-state index contributed by atoms with van der Waals surface area (Å²) < 4.78 is 4.90. The lowest BCUT2D eigenvalue weighted by Crippen LogP contribution is -2.15. The zero-order valence-electron chi connectivity index (χ0n) is 29.2. The second-order valence-corrected chi connectivity index (χ2v) is 15.5. The molecule has 11 rings (SSSR count). The molecule has 250 valence electrons. The number of aromatic nitrogens is 4. The molecule has 1 aliphatic rings. The van der Waals surface area contributed by atoms with E-state index in [4.69, 9.17) is 15.0 Å². The van der Waals surface area contributed by atoms with E-state index in [-0.39, 0.29) is 5.41 Å². The summed E-state index contributed by atoms with van der Waals surface area (Å²) in [6.45, 7) is 4.73. The quantitative estimate of drug-likeness (QED) is 0.184. The van der Waals surface area contributed by atoms with Gasteiger partial charge in [0.25, 0.3) is 0 Å². The molecule has 0 radical (unpaired) electrons. The Morgan fingerprint density at radius 2 is 1.13 bits per heavy atom. The van der Waals surface area contributed by atoms with Crippen molar-refractivity contribution in [3.63, 3.8) is 0 Å². The lowest BCUT2D eigenvalue weighted by molar-refractivity contribution is 0.666. The predicted molar refractivity (Wildman–Crippen MR) is 221 cm³/mol. The Labute approximate surface area is 310 Å². The van der Waals surface area contributed by atoms with Gasteiger partial charge in [0.05, 0.1) is 11.0 Å². The monoisotopic (exact) mass is 696 g/mol. The third kappa shape index (κ3) is 4.51. The minimum Gasteiger partial charge on any atom is -0.309 e. The summed E-state index contributed by atoms with van der Waals surface area (Å²) in [6, 6.07) is 56.3. The van der Waals surface area contributed by atoms with E-state index in [9.17, 15) is 0 Å². The van der Waals surface area contributed by atoms with Crippen molar-refractivity contribution in [1.82, 2.24) is 19.5 Å². The molecule has 0 saturated heterocycles. The molecule has 0 fully saturated rings. The molecular formula is C48H32N4S. The number of rotatable bonds is 4. The number of hydrogen-bond acceptors (Lipinski definition) is 4. The molecule has 7 aromatic carbocycles. The molecule has 0 spiro atoms. The van der Waals surface area contributed by atoms with Gasteiger partial charge in [-0.3, -0.25) is 0 Å². The maximum atomic E-state index is 5.17. The molecule has 4 nitrogen and oxygen atoms in total. The van der Waals surface area contributed by atoms with Crippen molar-refractivity contribution < 1.29 is 0 Å². The van der Waals surface area contributed by atoms with Gasteiger partial charge < -0.3 is 4.57 Å². The molecule has 0 unspecified atom stereocenters. The van der Waals surface area contributed by atoms with Gasteiger partial charge in [-0.15, -0.1) is 11.3 Å². The summed E-state index contributed by atoms with van der Waals surface area (Å²) >= 11 is 1.80. The Morgan fingerprint density at radius 1 is 0.472 bits per heavy atom. The Balaban J connectivity index is 1.10. The first-order valence-electron chi connectivity index (χ1n) is 18.0. The maximum Gasteiger partial charge on any atom is 0.164 e. The van der Waals surface area contributed by atoms with E-state index in [0.29, 0.717) is 17.5 Å². The predicted octanol–water partition coefficient (Wildman–Crippen LogP) is 12.6. The van der Waals surface area contributed by atoms with Crippen molar-refractivity contribution in [1.29, 1.82) is 0 Å². The molecule has 0 saturated carbocycles. The second kappa shape index (κ2) is 11.3. The van der Waals surface area contributed by atoms with Crippen molar-refractivity contribution in [2.75, 3.05) is 0 Å². The van der Waals surface area contributed by atoms with Crippen LogP contribution in [0.2, 0.25) is 0 Å². The van der Waals surface area contributed by atoms with E-state index in [0.717, 1.165) is 22.4 Å². The van der Waals surface area contributed by atoms with E-state index >= 15 is 0 Å². The van der Waals surface area contributed by atoms with Crippen LogP contribution in [0, 0.1) is 0 Å². The first-order chi connectivity index (χ1) is 26.0. The fourth-order valence-electron chi connectivity index (χ4n) is 8.61. The normalized spacial score (nSPS) is 13.2. The summed E-state index contributed by atoms with van der Waals surface area (Å²) in [4.78, 5) is 15.3. The van der Waals surface area contributed by atoms with Crippen molar-refractivity contribution >= 4 is 53.3 Å². The molecule has 0 amide bonds. The Morgan fingerprint density at radius 3 is 1.98 bits per heavy atom. The van der Waals surface area contributed by atoms with Crippen LogP contribution in [-0.2, 0) is 5.41 Å². The van der Waals surface area contributed by atoms with E-state index in [1.165, 1.54) is 64.2 Å². The topological polar surface area (TPSA) is 43.6 Å². The van der Waals surface area contributed by atoms with Crippen molar-refractivity contribution in [3.8, 4) is 51.0 Å². The van der Waals surface area contributed by atoms with Crippen LogP contribution in [0.3, 0.4) is 0 Å². The minimum absolute atomic E-state index is 0.129. The Hall–Kier alpha value is -6.43. The average molecular weight is 697 g/mol. The molecule has 53 heavy (non-hydrogen) atoms. The molecule has 5 heteroatoms. The van der Waals surface area contributed by atoms with Gasteiger partial charge in [-0.1, -0.05) is 135 Å². The minimum atomic E-state index is -0.129. The Kier molecular flexibility index (Phi) is 6.43. The SMILES string of the molecule is CC1(C)c2ccccc2-c2ccc3c(c21)c1ccccc1n3-c1cccc(-c2nc(-c3ccccc3)nc(-c3ccc4c(c3)sc3ccccc34)n2)c1. The smallest absolute Gasteiger partial charge is 0.164 e.